The van der Waals surface area contributed by atoms with Gasteiger partial charge < -0.3 is 26.4 Å². The van der Waals surface area contributed by atoms with Crippen LogP contribution in [0.15, 0.2) is 54.6 Å². The lowest BCUT2D eigenvalue weighted by atomic mass is 10.0. The maximum Gasteiger partial charge on any atom is 0.315 e. The smallest absolute Gasteiger partial charge is 0.315 e. The number of nitrogens with one attached hydrogen (secondary N) is 1. The predicted octanol–water partition coefficient (Wildman–Crippen LogP) is 3.70. The average Bonchev–Trinajstić information content (AvgIpc) is 2.66. The molecule has 0 aliphatic carbocycles. The molecule has 0 unspecified atom stereocenters. The Balaban J connectivity index is 1.90. The van der Waals surface area contributed by atoms with E-state index in [4.69, 9.17) is 16.2 Å². The van der Waals surface area contributed by atoms with Crippen LogP contribution < -0.4 is 21.5 Å². The summed E-state index contributed by atoms with van der Waals surface area (Å²) in [6, 6.07) is 15.8. The quantitative estimate of drug-likeness (QED) is 0.629. The molecule has 0 saturated heterocycles. The van der Waals surface area contributed by atoms with Crippen molar-refractivity contribution in [3.8, 4) is 11.5 Å². The van der Waals surface area contributed by atoms with Gasteiger partial charge in [-0.3, -0.25) is 4.79 Å². The van der Waals surface area contributed by atoms with Crippen LogP contribution in [-0.4, -0.2) is 35.0 Å². The molecule has 2 aromatic rings. The highest BCUT2D eigenvalue weighted by atomic mass is 16.5. The van der Waals surface area contributed by atoms with Gasteiger partial charge in [-0.1, -0.05) is 18.2 Å². The second-order valence-electron chi connectivity index (χ2n) is 7.79. The molecule has 2 rings (SSSR count). The van der Waals surface area contributed by atoms with E-state index in [0.29, 0.717) is 17.9 Å². The summed E-state index contributed by atoms with van der Waals surface area (Å²) in [6.07, 6.45) is 0.655. The molecule has 29 heavy (non-hydrogen) atoms. The van der Waals surface area contributed by atoms with Crippen LogP contribution in [0.3, 0.4) is 0 Å². The zero-order chi connectivity index (χ0) is 21.4. The third kappa shape index (κ3) is 6.80. The Morgan fingerprint density at radius 2 is 1.62 bits per heavy atom. The third-order valence-electron chi connectivity index (χ3n) is 4.42. The van der Waals surface area contributed by atoms with Gasteiger partial charge in [0.1, 0.15) is 11.5 Å². The van der Waals surface area contributed by atoms with Crippen molar-refractivity contribution < 1.29 is 14.3 Å². The average molecular weight is 399 g/mol. The highest BCUT2D eigenvalue weighted by Crippen LogP contribution is 2.23. The number of carbonyl (C=O) groups is 2. The Morgan fingerprint density at radius 1 is 1.03 bits per heavy atom. The van der Waals surface area contributed by atoms with Crippen molar-refractivity contribution in [2.75, 3.05) is 11.9 Å². The monoisotopic (exact) mass is 398 g/mol. The van der Waals surface area contributed by atoms with Crippen LogP contribution in [-0.2, 0) is 4.79 Å². The standard InChI is InChI=1S/C22H30N4O3/c1-22(2,3)26(21(24)28)17(15-23)11-14-20(27)25-16-9-12-19(13-10-16)29-18-7-5-4-6-8-18/h4-10,12-13,17H,11,14-15,23H2,1-3H3,(H2,24,28)(H,25,27)/t17-/m0/s1. The number of amides is 3. The Labute approximate surface area is 172 Å². The maximum atomic E-state index is 12.3. The van der Waals surface area contributed by atoms with E-state index in [1.165, 1.54) is 4.90 Å². The highest BCUT2D eigenvalue weighted by Gasteiger charge is 2.31. The molecule has 156 valence electrons. The first-order valence-electron chi connectivity index (χ1n) is 9.62. The van der Waals surface area contributed by atoms with Crippen LogP contribution in [0.25, 0.3) is 0 Å². The van der Waals surface area contributed by atoms with Crippen molar-refractivity contribution in [1.82, 2.24) is 4.90 Å². The molecule has 0 aromatic heterocycles. The number of benzene rings is 2. The summed E-state index contributed by atoms with van der Waals surface area (Å²) in [5.41, 5.74) is 11.5. The molecule has 0 bridgehead atoms. The Hall–Kier alpha value is -3.06. The minimum atomic E-state index is -0.539. The van der Waals surface area contributed by atoms with E-state index in [9.17, 15) is 9.59 Å². The molecular formula is C22H30N4O3. The maximum absolute atomic E-state index is 12.3. The summed E-state index contributed by atoms with van der Waals surface area (Å²) < 4.78 is 5.74. The lowest BCUT2D eigenvalue weighted by Crippen LogP contribution is -2.56. The number of nitrogens with zero attached hydrogens (tertiary/aromatic N) is 1. The first-order chi connectivity index (χ1) is 13.7. The number of ether oxygens (including phenoxy) is 1. The highest BCUT2D eigenvalue weighted by molar-refractivity contribution is 5.90. The van der Waals surface area contributed by atoms with E-state index in [1.807, 2.05) is 51.1 Å². The molecule has 2 aromatic carbocycles. The van der Waals surface area contributed by atoms with Gasteiger partial charge in [-0.2, -0.15) is 0 Å². The molecule has 0 radical (unpaired) electrons. The van der Waals surface area contributed by atoms with E-state index in [0.717, 1.165) is 5.75 Å². The summed E-state index contributed by atoms with van der Waals surface area (Å²) in [5, 5.41) is 2.85. The second kappa shape index (κ2) is 9.93. The lowest BCUT2D eigenvalue weighted by molar-refractivity contribution is -0.116. The minimum Gasteiger partial charge on any atom is -0.457 e. The van der Waals surface area contributed by atoms with E-state index in [-0.39, 0.29) is 24.9 Å². The number of rotatable bonds is 8. The van der Waals surface area contributed by atoms with Crippen LogP contribution in [0.1, 0.15) is 33.6 Å². The number of anilines is 1. The molecule has 3 amide bonds. The second-order valence-corrected chi connectivity index (χ2v) is 7.79. The fraction of sp³-hybridized carbons (Fsp3) is 0.364. The van der Waals surface area contributed by atoms with Crippen LogP contribution in [0.4, 0.5) is 10.5 Å². The third-order valence-corrected chi connectivity index (χ3v) is 4.42. The van der Waals surface area contributed by atoms with Crippen molar-refractivity contribution in [3.63, 3.8) is 0 Å². The van der Waals surface area contributed by atoms with Crippen LogP contribution in [0.5, 0.6) is 11.5 Å². The minimum absolute atomic E-state index is 0.154. The van der Waals surface area contributed by atoms with Crippen LogP contribution >= 0.6 is 0 Å². The van der Waals surface area contributed by atoms with Gasteiger partial charge in [0.25, 0.3) is 0 Å². The summed E-state index contributed by atoms with van der Waals surface area (Å²) in [4.78, 5) is 25.7. The van der Waals surface area contributed by atoms with Crippen molar-refractivity contribution in [3.05, 3.63) is 54.6 Å². The molecule has 0 spiro atoms. The molecule has 1 atom stereocenters. The first-order valence-corrected chi connectivity index (χ1v) is 9.62. The van der Waals surface area contributed by atoms with Crippen molar-refractivity contribution in [2.45, 2.75) is 45.2 Å². The molecule has 5 N–H and O–H groups in total. The SMILES string of the molecule is CC(C)(C)N(C(N)=O)[C@H](CN)CCC(=O)Nc1ccc(Oc2ccccc2)cc1. The summed E-state index contributed by atoms with van der Waals surface area (Å²) >= 11 is 0. The Bertz CT molecular complexity index is 801. The van der Waals surface area contributed by atoms with Gasteiger partial charge in [0.15, 0.2) is 0 Å². The number of hydrogen-bond acceptors (Lipinski definition) is 4. The molecule has 7 nitrogen and oxygen atoms in total. The van der Waals surface area contributed by atoms with Crippen molar-refractivity contribution >= 4 is 17.6 Å². The van der Waals surface area contributed by atoms with Crippen molar-refractivity contribution in [1.29, 1.82) is 0 Å². The fourth-order valence-corrected chi connectivity index (χ4v) is 3.16. The van der Waals surface area contributed by atoms with E-state index < -0.39 is 11.6 Å². The summed E-state index contributed by atoms with van der Waals surface area (Å²) in [7, 11) is 0. The van der Waals surface area contributed by atoms with Gasteiger partial charge in [0.2, 0.25) is 5.91 Å². The molecule has 7 heteroatoms. The molecular weight excluding hydrogens is 368 g/mol. The predicted molar refractivity (Wildman–Crippen MR) is 115 cm³/mol. The number of nitrogens with two attached hydrogens (primary N) is 2. The molecule has 0 aliphatic rings. The largest absolute Gasteiger partial charge is 0.457 e. The summed E-state index contributed by atoms with van der Waals surface area (Å²) in [6.45, 7) is 5.90. The molecule has 0 heterocycles. The van der Waals surface area contributed by atoms with E-state index in [1.54, 1.807) is 24.3 Å². The van der Waals surface area contributed by atoms with Gasteiger partial charge >= 0.3 is 6.03 Å². The van der Waals surface area contributed by atoms with Crippen LogP contribution in [0, 0.1) is 0 Å². The van der Waals surface area contributed by atoms with Crippen LogP contribution in [0.2, 0.25) is 0 Å². The van der Waals surface area contributed by atoms with E-state index in [2.05, 4.69) is 5.32 Å². The normalized spacial score (nSPS) is 12.1. The van der Waals surface area contributed by atoms with Gasteiger partial charge in [0.05, 0.1) is 0 Å². The molecule has 0 aliphatic heterocycles. The number of para-hydroxylation sites is 1. The van der Waals surface area contributed by atoms with Gasteiger partial charge in [-0.25, -0.2) is 4.79 Å². The Kier molecular flexibility index (Phi) is 7.61. The zero-order valence-corrected chi connectivity index (χ0v) is 17.2. The number of hydrogen-bond donors (Lipinski definition) is 3. The van der Waals surface area contributed by atoms with E-state index >= 15 is 0 Å². The molecule has 0 fully saturated rings. The van der Waals surface area contributed by atoms with Gasteiger partial charge in [-0.05, 0) is 63.6 Å². The lowest BCUT2D eigenvalue weighted by Gasteiger charge is -2.40. The summed E-state index contributed by atoms with van der Waals surface area (Å²) in [5.74, 6) is 1.27. The number of urea groups is 1. The molecule has 0 saturated carbocycles. The van der Waals surface area contributed by atoms with Gasteiger partial charge in [0, 0.05) is 30.2 Å². The van der Waals surface area contributed by atoms with Gasteiger partial charge in [-0.15, -0.1) is 0 Å². The first kappa shape index (κ1) is 22.2. The Morgan fingerprint density at radius 3 is 2.14 bits per heavy atom. The number of carbonyl (C=O) groups excluding carboxylic acids is 2. The fourth-order valence-electron chi connectivity index (χ4n) is 3.16. The number of primary amides is 1. The topological polar surface area (TPSA) is 111 Å². The van der Waals surface area contributed by atoms with Crippen molar-refractivity contribution in [2.24, 2.45) is 11.5 Å². The zero-order valence-electron chi connectivity index (χ0n) is 17.2.